The number of allylic oxidation sites excluding steroid dienone is 1. The molecule has 1 unspecified atom stereocenters. The molecule has 1 aliphatic heterocycles. The molecule has 0 amide bonds. The van der Waals surface area contributed by atoms with E-state index in [1.54, 1.807) is 13.0 Å². The summed E-state index contributed by atoms with van der Waals surface area (Å²) in [4.78, 5) is 11.1. The Morgan fingerprint density at radius 2 is 2.19 bits per heavy atom. The van der Waals surface area contributed by atoms with Gasteiger partial charge < -0.3 is 9.47 Å². The summed E-state index contributed by atoms with van der Waals surface area (Å²) in [6.07, 6.45) is 7.39. The van der Waals surface area contributed by atoms with Crippen LogP contribution < -0.4 is 0 Å². The third-order valence-corrected chi connectivity index (χ3v) is 3.06. The summed E-state index contributed by atoms with van der Waals surface area (Å²) in [6.45, 7) is 2.97. The lowest BCUT2D eigenvalue weighted by Gasteiger charge is -2.23. The molecule has 3 nitrogen and oxygen atoms in total. The van der Waals surface area contributed by atoms with Crippen LogP contribution in [0.15, 0.2) is 11.6 Å². The quantitative estimate of drug-likeness (QED) is 0.673. The van der Waals surface area contributed by atoms with Crippen LogP contribution in [0.5, 0.6) is 0 Å². The van der Waals surface area contributed by atoms with Crippen molar-refractivity contribution in [2.75, 3.05) is 13.2 Å². The van der Waals surface area contributed by atoms with Crippen molar-refractivity contribution < 1.29 is 14.3 Å². The maximum absolute atomic E-state index is 11.1. The van der Waals surface area contributed by atoms with Crippen LogP contribution >= 0.6 is 0 Å². The van der Waals surface area contributed by atoms with Crippen molar-refractivity contribution in [2.45, 2.75) is 45.3 Å². The van der Waals surface area contributed by atoms with Gasteiger partial charge in [-0.1, -0.05) is 0 Å². The lowest BCUT2D eigenvalue weighted by Crippen LogP contribution is -2.23. The number of ketones is 1. The number of hydrogen-bond donors (Lipinski definition) is 0. The molecule has 0 spiro atoms. The van der Waals surface area contributed by atoms with Crippen LogP contribution in [0.4, 0.5) is 0 Å². The summed E-state index contributed by atoms with van der Waals surface area (Å²) in [5.41, 5.74) is 1.15. The number of hydrogen-bond acceptors (Lipinski definition) is 3. The lowest BCUT2D eigenvalue weighted by molar-refractivity contribution is -0.157. The minimum Gasteiger partial charge on any atom is -0.353 e. The van der Waals surface area contributed by atoms with Crippen LogP contribution in [0.25, 0.3) is 0 Å². The monoisotopic (exact) mass is 224 g/mol. The number of rotatable bonds is 5. The fourth-order valence-corrected chi connectivity index (χ4v) is 2.02. The first-order chi connectivity index (χ1) is 7.75. The molecule has 0 radical (unpaired) electrons. The van der Waals surface area contributed by atoms with Crippen LogP contribution in [0, 0.1) is 5.92 Å². The van der Waals surface area contributed by atoms with Crippen LogP contribution in [0.1, 0.15) is 39.0 Å². The second-order valence-corrected chi connectivity index (χ2v) is 4.71. The average Bonchev–Trinajstić information content (AvgIpc) is 3.09. The van der Waals surface area contributed by atoms with Gasteiger partial charge in [-0.05, 0) is 56.6 Å². The van der Waals surface area contributed by atoms with E-state index in [0.29, 0.717) is 12.5 Å². The highest BCUT2D eigenvalue weighted by molar-refractivity contribution is 5.88. The summed E-state index contributed by atoms with van der Waals surface area (Å²) >= 11 is 0. The van der Waals surface area contributed by atoms with E-state index in [1.165, 1.54) is 19.3 Å². The van der Waals surface area contributed by atoms with Gasteiger partial charge in [-0.15, -0.1) is 0 Å². The van der Waals surface area contributed by atoms with Crippen LogP contribution in [-0.4, -0.2) is 25.3 Å². The standard InChI is InChI=1S/C13H20O3/c1-10(14)8-12(11-5-6-11)9-16-13-4-2-3-7-15-13/h8,11,13H,2-7,9H2,1H3. The fourth-order valence-electron chi connectivity index (χ4n) is 2.02. The van der Waals surface area contributed by atoms with Crippen LogP contribution in [0.2, 0.25) is 0 Å². The van der Waals surface area contributed by atoms with Crippen molar-refractivity contribution >= 4 is 5.78 Å². The van der Waals surface area contributed by atoms with E-state index in [9.17, 15) is 4.79 Å². The highest BCUT2D eigenvalue weighted by Crippen LogP contribution is 2.36. The molecule has 16 heavy (non-hydrogen) atoms. The van der Waals surface area contributed by atoms with Crippen molar-refractivity contribution in [1.29, 1.82) is 0 Å². The predicted molar refractivity (Wildman–Crippen MR) is 61.0 cm³/mol. The van der Waals surface area contributed by atoms with Crippen molar-refractivity contribution in [2.24, 2.45) is 5.92 Å². The summed E-state index contributed by atoms with van der Waals surface area (Å²) < 4.78 is 11.2. The van der Waals surface area contributed by atoms with Gasteiger partial charge in [0.25, 0.3) is 0 Å². The maximum atomic E-state index is 11.1. The summed E-state index contributed by atoms with van der Waals surface area (Å²) in [6, 6.07) is 0. The molecule has 2 aliphatic rings. The van der Waals surface area contributed by atoms with E-state index in [2.05, 4.69) is 0 Å². The van der Waals surface area contributed by atoms with Gasteiger partial charge in [0.05, 0.1) is 6.61 Å². The molecule has 1 heterocycles. The number of ether oxygens (including phenoxy) is 2. The predicted octanol–water partition coefficient (Wildman–Crippen LogP) is 2.46. The van der Waals surface area contributed by atoms with Gasteiger partial charge >= 0.3 is 0 Å². The SMILES string of the molecule is CC(=O)C=C(COC1CCCCO1)C1CC1. The van der Waals surface area contributed by atoms with Gasteiger partial charge in [0.1, 0.15) is 0 Å². The molecule has 3 heteroatoms. The first-order valence-corrected chi connectivity index (χ1v) is 6.20. The van der Waals surface area contributed by atoms with E-state index in [4.69, 9.17) is 9.47 Å². The second kappa shape index (κ2) is 5.60. The van der Waals surface area contributed by atoms with Gasteiger partial charge in [-0.25, -0.2) is 0 Å². The topological polar surface area (TPSA) is 35.5 Å². The molecular formula is C13H20O3. The smallest absolute Gasteiger partial charge is 0.158 e. The molecule has 1 aliphatic carbocycles. The largest absolute Gasteiger partial charge is 0.353 e. The van der Waals surface area contributed by atoms with E-state index >= 15 is 0 Å². The normalized spacial score (nSPS) is 26.8. The number of carbonyl (C=O) groups is 1. The van der Waals surface area contributed by atoms with Crippen molar-refractivity contribution in [3.8, 4) is 0 Å². The minimum absolute atomic E-state index is 0.0529. The zero-order valence-corrected chi connectivity index (χ0v) is 9.91. The third-order valence-electron chi connectivity index (χ3n) is 3.06. The molecule has 0 N–H and O–H groups in total. The van der Waals surface area contributed by atoms with Crippen molar-refractivity contribution in [3.05, 3.63) is 11.6 Å². The lowest BCUT2D eigenvalue weighted by atomic mass is 10.1. The second-order valence-electron chi connectivity index (χ2n) is 4.71. The fraction of sp³-hybridized carbons (Fsp3) is 0.769. The number of carbonyl (C=O) groups excluding carboxylic acids is 1. The van der Waals surface area contributed by atoms with E-state index in [1.807, 2.05) is 0 Å². The highest BCUT2D eigenvalue weighted by Gasteiger charge is 2.27. The van der Waals surface area contributed by atoms with Crippen LogP contribution in [0.3, 0.4) is 0 Å². The Morgan fingerprint density at radius 1 is 1.38 bits per heavy atom. The molecule has 0 aromatic heterocycles. The molecule has 0 aromatic rings. The Morgan fingerprint density at radius 3 is 2.75 bits per heavy atom. The van der Waals surface area contributed by atoms with Gasteiger partial charge in [0, 0.05) is 6.61 Å². The van der Waals surface area contributed by atoms with Gasteiger partial charge in [-0.3, -0.25) is 4.79 Å². The highest BCUT2D eigenvalue weighted by atomic mass is 16.7. The van der Waals surface area contributed by atoms with Gasteiger partial charge in [-0.2, -0.15) is 0 Å². The molecule has 1 atom stereocenters. The first-order valence-electron chi connectivity index (χ1n) is 6.20. The Bertz CT molecular complexity index is 273. The van der Waals surface area contributed by atoms with Crippen LogP contribution in [-0.2, 0) is 14.3 Å². The zero-order chi connectivity index (χ0) is 11.4. The summed E-state index contributed by atoms with van der Waals surface area (Å²) in [5, 5.41) is 0. The summed E-state index contributed by atoms with van der Waals surface area (Å²) in [7, 11) is 0. The Kier molecular flexibility index (Phi) is 4.13. The first kappa shape index (κ1) is 11.8. The molecule has 1 saturated heterocycles. The zero-order valence-electron chi connectivity index (χ0n) is 9.91. The third kappa shape index (κ3) is 3.72. The molecule has 1 saturated carbocycles. The average molecular weight is 224 g/mol. The Hall–Kier alpha value is -0.670. The van der Waals surface area contributed by atoms with E-state index < -0.39 is 0 Å². The molecule has 2 rings (SSSR count). The molecule has 0 bridgehead atoms. The van der Waals surface area contributed by atoms with Crippen molar-refractivity contribution in [3.63, 3.8) is 0 Å². The van der Waals surface area contributed by atoms with Gasteiger partial charge in [0.2, 0.25) is 0 Å². The van der Waals surface area contributed by atoms with Gasteiger partial charge in [0.15, 0.2) is 12.1 Å². The molecule has 90 valence electrons. The minimum atomic E-state index is -0.0529. The van der Waals surface area contributed by atoms with E-state index in [-0.39, 0.29) is 12.1 Å². The van der Waals surface area contributed by atoms with Crippen molar-refractivity contribution in [1.82, 2.24) is 0 Å². The van der Waals surface area contributed by atoms with E-state index in [0.717, 1.165) is 25.0 Å². The Labute approximate surface area is 96.8 Å². The summed E-state index contributed by atoms with van der Waals surface area (Å²) in [5.74, 6) is 0.711. The Balaban J connectivity index is 1.79. The maximum Gasteiger partial charge on any atom is 0.158 e. The molecular weight excluding hydrogens is 204 g/mol. The molecule has 2 fully saturated rings. The molecule has 0 aromatic carbocycles.